The molecule has 2 aromatic carbocycles. The molecule has 0 amide bonds. The fourth-order valence-electron chi connectivity index (χ4n) is 1.96. The van der Waals surface area contributed by atoms with Crippen LogP contribution < -0.4 is 10.5 Å². The molecule has 2 N–H and O–H groups in total. The molecule has 0 aliphatic heterocycles. The number of carbonyl (C=O) groups excluding carboxylic acids is 1. The minimum Gasteiger partial charge on any atom is -0.462 e. The third-order valence-electron chi connectivity index (χ3n) is 3.13. The predicted molar refractivity (Wildman–Crippen MR) is 82.8 cm³/mol. The van der Waals surface area contributed by atoms with Gasteiger partial charge in [0.2, 0.25) is 0 Å². The van der Waals surface area contributed by atoms with Gasteiger partial charge in [0.25, 0.3) is 0 Å². The van der Waals surface area contributed by atoms with E-state index in [9.17, 15) is 4.79 Å². The van der Waals surface area contributed by atoms with Gasteiger partial charge >= 0.3 is 5.97 Å². The number of nitrogens with two attached hydrogens (primary N) is 1. The SMILES string of the molecule is CCOC(=O)c1cccc(Oc2cc(C)ccc2C)c1N. The second-order valence-corrected chi connectivity index (χ2v) is 4.81. The molecule has 0 aliphatic carbocycles. The van der Waals surface area contributed by atoms with E-state index >= 15 is 0 Å². The van der Waals surface area contributed by atoms with Gasteiger partial charge in [0.15, 0.2) is 5.75 Å². The van der Waals surface area contributed by atoms with E-state index in [0.717, 1.165) is 16.9 Å². The number of nitrogen functional groups attached to an aromatic ring is 1. The van der Waals surface area contributed by atoms with Crippen molar-refractivity contribution in [2.75, 3.05) is 12.3 Å². The van der Waals surface area contributed by atoms with Gasteiger partial charge < -0.3 is 15.2 Å². The lowest BCUT2D eigenvalue weighted by molar-refractivity contribution is 0.0527. The smallest absolute Gasteiger partial charge is 0.340 e. The van der Waals surface area contributed by atoms with E-state index in [1.165, 1.54) is 0 Å². The molecule has 0 atom stereocenters. The average molecular weight is 285 g/mol. The van der Waals surface area contributed by atoms with Crippen molar-refractivity contribution in [1.82, 2.24) is 0 Å². The van der Waals surface area contributed by atoms with Gasteiger partial charge in [-0.2, -0.15) is 0 Å². The summed E-state index contributed by atoms with van der Waals surface area (Å²) in [5.74, 6) is 0.735. The lowest BCUT2D eigenvalue weighted by atomic mass is 10.1. The number of benzene rings is 2. The fraction of sp³-hybridized carbons (Fsp3) is 0.235. The van der Waals surface area contributed by atoms with Crippen molar-refractivity contribution < 1.29 is 14.3 Å². The van der Waals surface area contributed by atoms with Crippen molar-refractivity contribution in [3.63, 3.8) is 0 Å². The van der Waals surface area contributed by atoms with Crippen LogP contribution in [0.15, 0.2) is 36.4 Å². The Hall–Kier alpha value is -2.49. The number of hydrogen-bond donors (Lipinski definition) is 1. The molecular weight excluding hydrogens is 266 g/mol. The summed E-state index contributed by atoms with van der Waals surface area (Å²) in [7, 11) is 0. The maximum atomic E-state index is 11.8. The molecule has 0 heterocycles. The summed E-state index contributed by atoms with van der Waals surface area (Å²) >= 11 is 0. The van der Waals surface area contributed by atoms with Gasteiger partial charge in [-0.25, -0.2) is 4.79 Å². The maximum absolute atomic E-state index is 11.8. The van der Waals surface area contributed by atoms with Crippen LogP contribution in [0.4, 0.5) is 5.69 Å². The monoisotopic (exact) mass is 285 g/mol. The number of carbonyl (C=O) groups is 1. The highest BCUT2D eigenvalue weighted by Crippen LogP contribution is 2.32. The fourth-order valence-corrected chi connectivity index (χ4v) is 1.96. The van der Waals surface area contributed by atoms with Gasteiger partial charge in [-0.05, 0) is 50.1 Å². The topological polar surface area (TPSA) is 61.5 Å². The highest BCUT2D eigenvalue weighted by Gasteiger charge is 2.15. The summed E-state index contributed by atoms with van der Waals surface area (Å²) in [5.41, 5.74) is 8.73. The van der Waals surface area contributed by atoms with E-state index in [1.807, 2.05) is 32.0 Å². The minimum atomic E-state index is -0.443. The Morgan fingerprint density at radius 2 is 1.90 bits per heavy atom. The van der Waals surface area contributed by atoms with E-state index in [1.54, 1.807) is 25.1 Å². The van der Waals surface area contributed by atoms with Gasteiger partial charge in [0, 0.05) is 0 Å². The van der Waals surface area contributed by atoms with Crippen molar-refractivity contribution in [3.8, 4) is 11.5 Å². The van der Waals surface area contributed by atoms with E-state index in [4.69, 9.17) is 15.2 Å². The zero-order chi connectivity index (χ0) is 15.4. The Bertz CT molecular complexity index is 665. The van der Waals surface area contributed by atoms with Crippen LogP contribution >= 0.6 is 0 Å². The Morgan fingerprint density at radius 3 is 2.62 bits per heavy atom. The standard InChI is InChI=1S/C17H19NO3/c1-4-20-17(19)13-6-5-7-14(16(13)18)21-15-10-11(2)8-9-12(15)3/h5-10H,4,18H2,1-3H3. The van der Waals surface area contributed by atoms with E-state index < -0.39 is 5.97 Å². The average Bonchev–Trinajstić information content (AvgIpc) is 2.45. The molecule has 0 radical (unpaired) electrons. The number of para-hydroxylation sites is 1. The van der Waals surface area contributed by atoms with Gasteiger partial charge in [-0.1, -0.05) is 18.2 Å². The molecule has 21 heavy (non-hydrogen) atoms. The lowest BCUT2D eigenvalue weighted by Gasteiger charge is -2.13. The molecule has 0 aromatic heterocycles. The number of hydrogen-bond acceptors (Lipinski definition) is 4. The second kappa shape index (κ2) is 6.31. The number of anilines is 1. The Morgan fingerprint density at radius 1 is 1.14 bits per heavy atom. The number of ether oxygens (including phenoxy) is 2. The van der Waals surface area contributed by atoms with Crippen molar-refractivity contribution in [1.29, 1.82) is 0 Å². The van der Waals surface area contributed by atoms with Gasteiger partial charge in [0.1, 0.15) is 5.75 Å². The Kier molecular flexibility index (Phi) is 4.48. The third-order valence-corrected chi connectivity index (χ3v) is 3.13. The van der Waals surface area contributed by atoms with Crippen molar-refractivity contribution >= 4 is 11.7 Å². The van der Waals surface area contributed by atoms with Crippen LogP contribution in [0.2, 0.25) is 0 Å². The number of esters is 1. The molecule has 2 aromatic rings. The predicted octanol–water partition coefficient (Wildman–Crippen LogP) is 3.85. The van der Waals surface area contributed by atoms with Gasteiger partial charge in [-0.3, -0.25) is 0 Å². The first kappa shape index (κ1) is 14.9. The summed E-state index contributed by atoms with van der Waals surface area (Å²) in [6.45, 7) is 6.01. The Labute approximate surface area is 124 Å². The number of aryl methyl sites for hydroxylation is 2. The Balaban J connectivity index is 2.35. The zero-order valence-electron chi connectivity index (χ0n) is 12.5. The van der Waals surface area contributed by atoms with E-state index in [0.29, 0.717) is 17.9 Å². The second-order valence-electron chi connectivity index (χ2n) is 4.81. The normalized spacial score (nSPS) is 10.2. The molecule has 0 bridgehead atoms. The van der Waals surface area contributed by atoms with E-state index in [-0.39, 0.29) is 5.69 Å². The molecule has 110 valence electrons. The molecule has 0 aliphatic rings. The summed E-state index contributed by atoms with van der Waals surface area (Å²) in [4.78, 5) is 11.8. The highest BCUT2D eigenvalue weighted by molar-refractivity contribution is 5.96. The van der Waals surface area contributed by atoms with E-state index in [2.05, 4.69) is 0 Å². The summed E-state index contributed by atoms with van der Waals surface area (Å²) < 4.78 is 10.8. The molecule has 0 saturated heterocycles. The minimum absolute atomic E-state index is 0.289. The van der Waals surface area contributed by atoms with Crippen molar-refractivity contribution in [2.24, 2.45) is 0 Å². The molecule has 4 heteroatoms. The molecule has 0 unspecified atom stereocenters. The van der Waals surface area contributed by atoms with Gasteiger partial charge in [-0.15, -0.1) is 0 Å². The largest absolute Gasteiger partial charge is 0.462 e. The maximum Gasteiger partial charge on any atom is 0.340 e. The molecule has 2 rings (SSSR count). The quantitative estimate of drug-likeness (QED) is 0.684. The summed E-state index contributed by atoms with van der Waals surface area (Å²) in [6.07, 6.45) is 0. The molecule has 0 fully saturated rings. The molecule has 0 spiro atoms. The first-order valence-electron chi connectivity index (χ1n) is 6.83. The van der Waals surface area contributed by atoms with Crippen LogP contribution in [0.5, 0.6) is 11.5 Å². The van der Waals surface area contributed by atoms with Crippen LogP contribution in [0.25, 0.3) is 0 Å². The third kappa shape index (κ3) is 3.34. The molecule has 0 saturated carbocycles. The first-order valence-corrected chi connectivity index (χ1v) is 6.83. The molecule has 4 nitrogen and oxygen atoms in total. The molecular formula is C17H19NO3. The highest BCUT2D eigenvalue weighted by atomic mass is 16.5. The van der Waals surface area contributed by atoms with Crippen LogP contribution in [0, 0.1) is 13.8 Å². The van der Waals surface area contributed by atoms with Crippen LogP contribution in [0.3, 0.4) is 0 Å². The van der Waals surface area contributed by atoms with Gasteiger partial charge in [0.05, 0.1) is 17.9 Å². The zero-order valence-corrected chi connectivity index (χ0v) is 12.5. The van der Waals surface area contributed by atoms with Crippen molar-refractivity contribution in [2.45, 2.75) is 20.8 Å². The number of rotatable bonds is 4. The first-order chi connectivity index (χ1) is 10.0. The van der Waals surface area contributed by atoms with Crippen LogP contribution in [-0.4, -0.2) is 12.6 Å². The van der Waals surface area contributed by atoms with Crippen LogP contribution in [-0.2, 0) is 4.74 Å². The summed E-state index contributed by atoms with van der Waals surface area (Å²) in [5, 5.41) is 0. The summed E-state index contributed by atoms with van der Waals surface area (Å²) in [6, 6.07) is 11.0. The van der Waals surface area contributed by atoms with Crippen LogP contribution in [0.1, 0.15) is 28.4 Å². The van der Waals surface area contributed by atoms with Crippen molar-refractivity contribution in [3.05, 3.63) is 53.1 Å². The lowest BCUT2D eigenvalue weighted by Crippen LogP contribution is -2.08.